The predicted molar refractivity (Wildman–Crippen MR) is 73.0 cm³/mol. The zero-order chi connectivity index (χ0) is 12.0. The lowest BCUT2D eigenvalue weighted by Gasteiger charge is -2.01. The molecule has 0 spiro atoms. The molecule has 0 N–H and O–H groups in total. The van der Waals surface area contributed by atoms with E-state index in [-0.39, 0.29) is 0 Å². The number of furan rings is 1. The maximum Gasteiger partial charge on any atom is 0.153 e. The van der Waals surface area contributed by atoms with Crippen LogP contribution < -0.4 is 4.74 Å². The van der Waals surface area contributed by atoms with Crippen molar-refractivity contribution in [2.24, 2.45) is 0 Å². The molecule has 1 aromatic heterocycles. The van der Waals surface area contributed by atoms with Gasteiger partial charge in [0.1, 0.15) is 11.3 Å². The molecule has 0 amide bonds. The number of halogens is 2. The lowest BCUT2D eigenvalue weighted by molar-refractivity contribution is 0.419. The molecule has 86 valence electrons. The van der Waals surface area contributed by atoms with Crippen molar-refractivity contribution in [3.63, 3.8) is 0 Å². The summed E-state index contributed by atoms with van der Waals surface area (Å²) in [4.78, 5) is 0. The molecule has 0 fully saturated rings. The van der Waals surface area contributed by atoms with Crippen molar-refractivity contribution in [1.82, 2.24) is 0 Å². The first kappa shape index (κ1) is 10.9. The molecule has 17 heavy (non-hydrogen) atoms. The van der Waals surface area contributed by atoms with Crippen molar-refractivity contribution in [2.75, 3.05) is 7.11 Å². The van der Waals surface area contributed by atoms with Gasteiger partial charge in [0.2, 0.25) is 0 Å². The van der Waals surface area contributed by atoms with E-state index in [1.54, 1.807) is 7.11 Å². The van der Waals surface area contributed by atoms with Crippen LogP contribution >= 0.6 is 27.5 Å². The minimum atomic E-state index is 0.683. The average Bonchev–Trinajstić information content (AvgIpc) is 2.70. The van der Waals surface area contributed by atoms with Gasteiger partial charge in [-0.15, -0.1) is 0 Å². The molecule has 4 heteroatoms. The van der Waals surface area contributed by atoms with Crippen LogP contribution in [0, 0.1) is 0 Å². The number of methoxy groups -OCH3 is 1. The van der Waals surface area contributed by atoms with E-state index >= 15 is 0 Å². The second-order valence-electron chi connectivity index (χ2n) is 3.70. The zero-order valence-electron chi connectivity index (χ0n) is 8.96. The molecule has 3 aromatic rings. The van der Waals surface area contributed by atoms with Crippen molar-refractivity contribution in [3.05, 3.63) is 39.8 Å². The summed E-state index contributed by atoms with van der Waals surface area (Å²) in [6.45, 7) is 0. The molecule has 2 aromatic carbocycles. The topological polar surface area (TPSA) is 22.4 Å². The highest BCUT2D eigenvalue weighted by Gasteiger charge is 2.14. The van der Waals surface area contributed by atoms with Gasteiger partial charge in [0.05, 0.1) is 17.0 Å². The van der Waals surface area contributed by atoms with E-state index in [2.05, 4.69) is 15.9 Å². The van der Waals surface area contributed by atoms with E-state index in [1.165, 1.54) is 0 Å². The van der Waals surface area contributed by atoms with Crippen molar-refractivity contribution in [3.8, 4) is 5.75 Å². The Morgan fingerprint density at radius 1 is 1.24 bits per heavy atom. The third-order valence-corrected chi connectivity index (χ3v) is 3.57. The van der Waals surface area contributed by atoms with Gasteiger partial charge >= 0.3 is 0 Å². The molecule has 0 atom stereocenters. The van der Waals surface area contributed by atoms with Crippen LogP contribution in [0.2, 0.25) is 5.02 Å². The Morgan fingerprint density at radius 3 is 2.82 bits per heavy atom. The first-order chi connectivity index (χ1) is 8.20. The van der Waals surface area contributed by atoms with E-state index in [4.69, 9.17) is 20.8 Å². The number of rotatable bonds is 1. The molecular formula is C13H8BrClO2. The summed E-state index contributed by atoms with van der Waals surface area (Å²) in [5.74, 6) is 0.782. The largest absolute Gasteiger partial charge is 0.496 e. The molecule has 0 aliphatic carbocycles. The van der Waals surface area contributed by atoms with Gasteiger partial charge < -0.3 is 9.15 Å². The summed E-state index contributed by atoms with van der Waals surface area (Å²) >= 11 is 9.49. The Bertz CT molecular complexity index is 718. The number of benzene rings is 2. The third-order valence-electron chi connectivity index (χ3n) is 2.71. The summed E-state index contributed by atoms with van der Waals surface area (Å²) in [5, 5.41) is 2.59. The number of fused-ring (bicyclic) bond motifs is 3. The van der Waals surface area contributed by atoms with E-state index < -0.39 is 0 Å². The van der Waals surface area contributed by atoms with Gasteiger partial charge in [0.25, 0.3) is 0 Å². The molecule has 1 heterocycles. The first-order valence-corrected chi connectivity index (χ1v) is 6.22. The van der Waals surface area contributed by atoms with Crippen LogP contribution in [0.15, 0.2) is 39.2 Å². The monoisotopic (exact) mass is 310 g/mol. The maximum absolute atomic E-state index is 6.02. The van der Waals surface area contributed by atoms with Gasteiger partial charge in [0, 0.05) is 10.4 Å². The summed E-state index contributed by atoms with van der Waals surface area (Å²) in [6.07, 6.45) is 0. The molecule has 3 rings (SSSR count). The van der Waals surface area contributed by atoms with Gasteiger partial charge in [-0.2, -0.15) is 0 Å². The Morgan fingerprint density at radius 2 is 2.06 bits per heavy atom. The van der Waals surface area contributed by atoms with E-state index in [0.29, 0.717) is 5.02 Å². The third kappa shape index (κ3) is 1.61. The normalized spacial score (nSPS) is 11.2. The summed E-state index contributed by atoms with van der Waals surface area (Å²) in [6, 6.07) is 9.38. The SMILES string of the molecule is COc1ccc(Br)c2oc3ccc(Cl)cc3c12. The quantitative estimate of drug-likeness (QED) is 0.630. The maximum atomic E-state index is 6.02. The van der Waals surface area contributed by atoms with Crippen LogP contribution in [0.5, 0.6) is 5.75 Å². The van der Waals surface area contributed by atoms with Crippen molar-refractivity contribution in [1.29, 1.82) is 0 Å². The lowest BCUT2D eigenvalue weighted by Crippen LogP contribution is -1.83. The van der Waals surface area contributed by atoms with Crippen LogP contribution in [0.25, 0.3) is 21.9 Å². The van der Waals surface area contributed by atoms with Crippen LogP contribution in [-0.2, 0) is 0 Å². The smallest absolute Gasteiger partial charge is 0.153 e. The average molecular weight is 312 g/mol. The Balaban J connectivity index is 2.57. The molecule has 0 saturated heterocycles. The molecule has 0 saturated carbocycles. The van der Waals surface area contributed by atoms with Crippen LogP contribution in [0.1, 0.15) is 0 Å². The highest BCUT2D eigenvalue weighted by molar-refractivity contribution is 9.10. The van der Waals surface area contributed by atoms with Crippen LogP contribution in [0.4, 0.5) is 0 Å². The number of hydrogen-bond acceptors (Lipinski definition) is 2. The zero-order valence-corrected chi connectivity index (χ0v) is 11.3. The van der Waals surface area contributed by atoms with Gasteiger partial charge in [-0.3, -0.25) is 0 Å². The molecular weight excluding hydrogens is 303 g/mol. The van der Waals surface area contributed by atoms with Crippen molar-refractivity contribution < 1.29 is 9.15 Å². The van der Waals surface area contributed by atoms with Gasteiger partial charge in [-0.1, -0.05) is 11.6 Å². The van der Waals surface area contributed by atoms with Gasteiger partial charge in [-0.25, -0.2) is 0 Å². The minimum Gasteiger partial charge on any atom is -0.496 e. The van der Waals surface area contributed by atoms with Crippen LogP contribution in [-0.4, -0.2) is 7.11 Å². The fourth-order valence-electron chi connectivity index (χ4n) is 1.96. The molecule has 2 nitrogen and oxygen atoms in total. The molecule has 0 aliphatic heterocycles. The standard InChI is InChI=1S/C13H8BrClO2/c1-16-11-5-3-9(14)13-12(11)8-6-7(15)2-4-10(8)17-13/h2-6H,1H3. The van der Waals surface area contributed by atoms with E-state index in [9.17, 15) is 0 Å². The Labute approximate surface area is 111 Å². The second kappa shape index (κ2) is 3.93. The Kier molecular flexibility index (Phi) is 2.53. The second-order valence-corrected chi connectivity index (χ2v) is 4.99. The van der Waals surface area contributed by atoms with Crippen molar-refractivity contribution >= 4 is 49.5 Å². The molecule has 0 unspecified atom stereocenters. The minimum absolute atomic E-state index is 0.683. The first-order valence-electron chi connectivity index (χ1n) is 5.05. The summed E-state index contributed by atoms with van der Waals surface area (Å²) < 4.78 is 12.1. The number of ether oxygens (including phenoxy) is 1. The van der Waals surface area contributed by atoms with Crippen molar-refractivity contribution in [2.45, 2.75) is 0 Å². The van der Waals surface area contributed by atoms with E-state index in [0.717, 1.165) is 32.2 Å². The fraction of sp³-hybridized carbons (Fsp3) is 0.0769. The highest BCUT2D eigenvalue weighted by Crippen LogP contribution is 2.40. The summed E-state index contributed by atoms with van der Waals surface area (Å²) in [7, 11) is 1.64. The van der Waals surface area contributed by atoms with Gasteiger partial charge in [-0.05, 0) is 46.3 Å². The summed E-state index contributed by atoms with van der Waals surface area (Å²) in [5.41, 5.74) is 1.58. The van der Waals surface area contributed by atoms with Gasteiger partial charge in [0.15, 0.2) is 5.58 Å². The van der Waals surface area contributed by atoms with E-state index in [1.807, 2.05) is 30.3 Å². The number of hydrogen-bond donors (Lipinski definition) is 0. The van der Waals surface area contributed by atoms with Crippen LogP contribution in [0.3, 0.4) is 0 Å². The molecule has 0 bridgehead atoms. The molecule has 0 radical (unpaired) electrons. The fourth-order valence-corrected chi connectivity index (χ4v) is 2.54. The highest BCUT2D eigenvalue weighted by atomic mass is 79.9. The Hall–Kier alpha value is -1.19. The lowest BCUT2D eigenvalue weighted by atomic mass is 10.1. The molecule has 0 aliphatic rings. The predicted octanol–water partition coefficient (Wildman–Crippen LogP) is 5.01.